The molecule has 0 spiro atoms. The molecule has 1 aliphatic heterocycles. The average molecular weight is 576 g/mol. The maximum atomic E-state index is 14.0. The van der Waals surface area contributed by atoms with E-state index in [9.17, 15) is 30.8 Å². The predicted molar refractivity (Wildman–Crippen MR) is 134 cm³/mol. The quantitative estimate of drug-likeness (QED) is 0.211. The van der Waals surface area contributed by atoms with Gasteiger partial charge in [0.15, 0.2) is 17.3 Å². The first kappa shape index (κ1) is 30.1. The molecule has 0 radical (unpaired) electrons. The first-order valence-electron chi connectivity index (χ1n) is 11.8. The van der Waals surface area contributed by atoms with E-state index in [-0.39, 0.29) is 30.0 Å². The summed E-state index contributed by atoms with van der Waals surface area (Å²) >= 11 is 0. The molecule has 0 saturated carbocycles. The highest BCUT2D eigenvalue weighted by atomic mass is 32.2. The number of nitrogens with zero attached hydrogens (tertiary/aromatic N) is 1. The van der Waals surface area contributed by atoms with Gasteiger partial charge in [-0.15, -0.1) is 0 Å². The Morgan fingerprint density at radius 1 is 1.13 bits per heavy atom. The van der Waals surface area contributed by atoms with Gasteiger partial charge in [0.1, 0.15) is 17.5 Å². The number of halogens is 4. The van der Waals surface area contributed by atoms with Crippen molar-refractivity contribution in [1.29, 1.82) is 0 Å². The predicted octanol–water partition coefficient (Wildman–Crippen LogP) is 6.19. The highest BCUT2D eigenvalue weighted by Crippen LogP contribution is 2.37. The van der Waals surface area contributed by atoms with Gasteiger partial charge in [-0.2, -0.15) is 21.6 Å². The fourth-order valence-electron chi connectivity index (χ4n) is 3.76. The van der Waals surface area contributed by atoms with Crippen LogP contribution in [0.4, 0.5) is 22.4 Å². The molecule has 0 bridgehead atoms. The third-order valence-electron chi connectivity index (χ3n) is 5.66. The van der Waals surface area contributed by atoms with E-state index in [4.69, 9.17) is 14.2 Å². The molecule has 0 aliphatic carbocycles. The van der Waals surface area contributed by atoms with Crippen LogP contribution in [-0.2, 0) is 19.0 Å². The Bertz CT molecular complexity index is 1340. The maximum Gasteiger partial charge on any atom is 0.534 e. The van der Waals surface area contributed by atoms with E-state index < -0.39 is 51.0 Å². The number of benzene rings is 2. The lowest BCUT2D eigenvalue weighted by Crippen LogP contribution is -2.40. The number of hydrogen-bond acceptors (Lipinski definition) is 7. The second kappa shape index (κ2) is 11.3. The number of methoxy groups -OCH3 is 1. The number of ether oxygens (including phenoxy) is 3. The van der Waals surface area contributed by atoms with Crippen LogP contribution in [0.25, 0.3) is 5.76 Å². The molecule has 0 N–H and O–H groups in total. The molecule has 0 unspecified atom stereocenters. The highest BCUT2D eigenvalue weighted by Gasteiger charge is 2.49. The fourth-order valence-corrected chi connectivity index (χ4v) is 4.23. The van der Waals surface area contributed by atoms with Crippen LogP contribution in [0.1, 0.15) is 51.3 Å². The number of rotatable bonds is 8. The normalized spacial score (nSPS) is 16.3. The number of para-hydroxylation sites is 1. The minimum absolute atomic E-state index is 0.0219. The molecule has 0 fully saturated rings. The van der Waals surface area contributed by atoms with Crippen molar-refractivity contribution >= 4 is 22.0 Å². The van der Waals surface area contributed by atoms with E-state index in [1.807, 2.05) is 0 Å². The Morgan fingerprint density at radius 2 is 1.79 bits per heavy atom. The molecule has 3 rings (SSSR count). The minimum Gasteiger partial charge on any atom is -0.494 e. The van der Waals surface area contributed by atoms with E-state index in [0.717, 1.165) is 6.08 Å². The van der Waals surface area contributed by atoms with Crippen LogP contribution in [-0.4, -0.2) is 50.3 Å². The van der Waals surface area contributed by atoms with Gasteiger partial charge in [-0.1, -0.05) is 18.2 Å². The summed E-state index contributed by atoms with van der Waals surface area (Å²) in [6, 6.07) is 9.36. The molecule has 2 aromatic rings. The summed E-state index contributed by atoms with van der Waals surface area (Å²) < 4.78 is 97.3. The van der Waals surface area contributed by atoms with Crippen molar-refractivity contribution in [3.63, 3.8) is 0 Å². The van der Waals surface area contributed by atoms with Crippen molar-refractivity contribution in [1.82, 2.24) is 4.90 Å². The monoisotopic (exact) mass is 575 g/mol. The summed E-state index contributed by atoms with van der Waals surface area (Å²) in [7, 11) is -4.63. The van der Waals surface area contributed by atoms with Gasteiger partial charge in [-0.3, -0.25) is 0 Å². The van der Waals surface area contributed by atoms with Gasteiger partial charge in [0.2, 0.25) is 0 Å². The van der Waals surface area contributed by atoms with E-state index >= 15 is 0 Å². The standard InChI is InChI=1S/C26H29F4NO7S/c1-16(17-10-11-20(27)23(14-17)35-5)31(24(32)37-25(2,3)4)13-12-18-15-22(38-39(33,34)26(28,29)30)19-8-6-7-9-21(19)36-18/h6-11,14-16,18H,12-13H2,1-5H3/t16-,18+/m1/s1. The Balaban J connectivity index is 1.90. The second-order valence-corrected chi connectivity index (χ2v) is 11.2. The molecule has 2 aromatic carbocycles. The van der Waals surface area contributed by atoms with E-state index in [0.29, 0.717) is 5.56 Å². The first-order chi connectivity index (χ1) is 18.0. The number of hydrogen-bond donors (Lipinski definition) is 0. The summed E-state index contributed by atoms with van der Waals surface area (Å²) in [4.78, 5) is 14.5. The van der Waals surface area contributed by atoms with Crippen LogP contribution in [0.2, 0.25) is 0 Å². The summed E-state index contributed by atoms with van der Waals surface area (Å²) in [6.07, 6.45) is -0.521. The Kier molecular flexibility index (Phi) is 8.73. The number of amides is 1. The zero-order valence-electron chi connectivity index (χ0n) is 21.9. The van der Waals surface area contributed by atoms with Gasteiger partial charge in [0.05, 0.1) is 18.7 Å². The average Bonchev–Trinajstić information content (AvgIpc) is 2.82. The number of carbonyl (C=O) groups is 1. The van der Waals surface area contributed by atoms with Crippen molar-refractivity contribution < 1.29 is 49.2 Å². The zero-order valence-corrected chi connectivity index (χ0v) is 22.7. The zero-order chi connectivity index (χ0) is 29.2. The van der Waals surface area contributed by atoms with Gasteiger partial charge in [-0.05, 0) is 57.5 Å². The number of alkyl halides is 3. The van der Waals surface area contributed by atoms with E-state index in [1.165, 1.54) is 48.4 Å². The van der Waals surface area contributed by atoms with Crippen molar-refractivity contribution in [2.45, 2.75) is 57.4 Å². The smallest absolute Gasteiger partial charge is 0.494 e. The number of fused-ring (bicyclic) bond motifs is 1. The van der Waals surface area contributed by atoms with Gasteiger partial charge < -0.3 is 23.3 Å². The van der Waals surface area contributed by atoms with Gasteiger partial charge in [0, 0.05) is 19.0 Å². The summed E-state index contributed by atoms with van der Waals surface area (Å²) in [5.74, 6) is -1.04. The molecule has 2 atom stereocenters. The largest absolute Gasteiger partial charge is 0.534 e. The van der Waals surface area contributed by atoms with Crippen LogP contribution >= 0.6 is 0 Å². The van der Waals surface area contributed by atoms with Crippen molar-refractivity contribution in [3.05, 3.63) is 65.5 Å². The Labute approximate surface area is 224 Å². The topological polar surface area (TPSA) is 91.4 Å². The minimum atomic E-state index is -5.94. The molecule has 8 nitrogen and oxygen atoms in total. The number of carbonyl (C=O) groups excluding carboxylic acids is 1. The van der Waals surface area contributed by atoms with Crippen LogP contribution in [0.15, 0.2) is 48.5 Å². The summed E-state index contributed by atoms with van der Waals surface area (Å²) in [5.41, 5.74) is -5.92. The maximum absolute atomic E-state index is 14.0. The van der Waals surface area contributed by atoms with Gasteiger partial charge >= 0.3 is 21.7 Å². The van der Waals surface area contributed by atoms with Crippen LogP contribution in [0.3, 0.4) is 0 Å². The Morgan fingerprint density at radius 3 is 2.41 bits per heavy atom. The SMILES string of the molecule is COc1cc([C@@H](C)N(CC[C@H]2C=C(OS(=O)(=O)C(F)(F)F)c3ccccc3O2)C(=O)OC(C)(C)C)ccc1F. The highest BCUT2D eigenvalue weighted by molar-refractivity contribution is 7.87. The van der Waals surface area contributed by atoms with Crippen LogP contribution in [0, 0.1) is 5.82 Å². The summed E-state index contributed by atoms with van der Waals surface area (Å²) in [6.45, 7) is 6.71. The van der Waals surface area contributed by atoms with Gasteiger partial charge in [0.25, 0.3) is 0 Å². The molecule has 39 heavy (non-hydrogen) atoms. The first-order valence-corrected chi connectivity index (χ1v) is 13.2. The molecule has 1 amide bonds. The lowest BCUT2D eigenvalue weighted by molar-refractivity contribution is -0.0510. The lowest BCUT2D eigenvalue weighted by atomic mass is 10.0. The Hall–Kier alpha value is -3.48. The molecular formula is C26H29F4NO7S. The van der Waals surface area contributed by atoms with Crippen molar-refractivity contribution in [2.75, 3.05) is 13.7 Å². The van der Waals surface area contributed by atoms with Crippen molar-refractivity contribution in [2.24, 2.45) is 0 Å². The molecule has 214 valence electrons. The third kappa shape index (κ3) is 7.34. The van der Waals surface area contributed by atoms with Gasteiger partial charge in [-0.25, -0.2) is 9.18 Å². The third-order valence-corrected chi connectivity index (χ3v) is 6.62. The van der Waals surface area contributed by atoms with E-state index in [1.54, 1.807) is 33.8 Å². The molecule has 13 heteroatoms. The summed E-state index contributed by atoms with van der Waals surface area (Å²) in [5, 5.41) is 0. The fraction of sp³-hybridized carbons (Fsp3) is 0.423. The second-order valence-electron chi connectivity index (χ2n) is 9.70. The molecule has 1 aliphatic rings. The molecule has 1 heterocycles. The van der Waals surface area contributed by atoms with Crippen LogP contribution in [0.5, 0.6) is 11.5 Å². The lowest BCUT2D eigenvalue weighted by Gasteiger charge is -2.33. The van der Waals surface area contributed by atoms with Crippen LogP contribution < -0.4 is 9.47 Å². The van der Waals surface area contributed by atoms with Crippen molar-refractivity contribution in [3.8, 4) is 11.5 Å². The molecular weight excluding hydrogens is 546 g/mol. The molecule has 0 saturated heterocycles. The molecule has 0 aromatic heterocycles. The van der Waals surface area contributed by atoms with E-state index in [2.05, 4.69) is 4.18 Å².